The van der Waals surface area contributed by atoms with Gasteiger partial charge in [0.05, 0.1) is 17.0 Å². The topological polar surface area (TPSA) is 152 Å². The molecule has 10 nitrogen and oxygen atoms in total. The molecule has 0 unspecified atom stereocenters. The molecule has 1 aromatic carbocycles. The van der Waals surface area contributed by atoms with Crippen molar-refractivity contribution in [3.63, 3.8) is 0 Å². The first-order valence-corrected chi connectivity index (χ1v) is 9.77. The van der Waals surface area contributed by atoms with Crippen LogP contribution >= 0.6 is 0 Å². The van der Waals surface area contributed by atoms with Gasteiger partial charge in [0.25, 0.3) is 5.91 Å². The van der Waals surface area contributed by atoms with E-state index in [1.807, 2.05) is 0 Å². The van der Waals surface area contributed by atoms with Crippen molar-refractivity contribution in [3.05, 3.63) is 50.2 Å². The summed E-state index contributed by atoms with van der Waals surface area (Å²) in [5.74, 6) is -0.358. The van der Waals surface area contributed by atoms with Gasteiger partial charge in [0, 0.05) is 34.2 Å². The van der Waals surface area contributed by atoms with Gasteiger partial charge in [-0.3, -0.25) is 4.79 Å². The Hall–Kier alpha value is -2.74. The average molecular weight is 375 g/mol. The molecule has 1 aliphatic carbocycles. The molecule has 26 heavy (non-hydrogen) atoms. The summed E-state index contributed by atoms with van der Waals surface area (Å²) in [5.41, 5.74) is 18.2. The number of hydrogen-bond acceptors (Lipinski definition) is 5. The van der Waals surface area contributed by atoms with Crippen LogP contribution in [0.4, 0.5) is 5.69 Å². The summed E-state index contributed by atoms with van der Waals surface area (Å²) in [7, 11) is -3.19. The van der Waals surface area contributed by atoms with Crippen LogP contribution in [-0.4, -0.2) is 42.8 Å². The molecule has 0 N–H and O–H groups in total. The van der Waals surface area contributed by atoms with Crippen LogP contribution < -0.4 is 0 Å². The zero-order chi connectivity index (χ0) is 18.8. The highest BCUT2D eigenvalue weighted by atomic mass is 32.2. The minimum atomic E-state index is -3.19. The Bertz CT molecular complexity index is 942. The van der Waals surface area contributed by atoms with Gasteiger partial charge in [-0.2, -0.15) is 0 Å². The van der Waals surface area contributed by atoms with Crippen molar-refractivity contribution in [2.75, 3.05) is 18.8 Å². The molecule has 11 heteroatoms. The summed E-state index contributed by atoms with van der Waals surface area (Å²) >= 11 is 0. The van der Waals surface area contributed by atoms with Gasteiger partial charge in [0.1, 0.15) is 0 Å². The molecule has 0 atom stereocenters. The second kappa shape index (κ2) is 6.87. The van der Waals surface area contributed by atoms with Gasteiger partial charge in [-0.25, -0.2) is 8.42 Å². The van der Waals surface area contributed by atoms with E-state index < -0.39 is 14.6 Å². The van der Waals surface area contributed by atoms with E-state index >= 15 is 0 Å². The zero-order valence-electron chi connectivity index (χ0n) is 13.9. The summed E-state index contributed by atoms with van der Waals surface area (Å²) in [6.07, 6.45) is 2.02. The number of sulfone groups is 1. The number of hydrogen-bond donors (Lipinski definition) is 0. The maximum Gasteiger partial charge on any atom is 0.253 e. The highest BCUT2D eigenvalue weighted by molar-refractivity contribution is 7.93. The van der Waals surface area contributed by atoms with Crippen LogP contribution in [0.3, 0.4) is 0 Å². The molecule has 0 aromatic heterocycles. The maximum absolute atomic E-state index is 12.9. The molecule has 2 aliphatic rings. The molecular formula is C15H17N7O3S. The van der Waals surface area contributed by atoms with E-state index in [0.717, 1.165) is 6.42 Å². The third-order valence-corrected chi connectivity index (χ3v) is 7.60. The molecule has 1 heterocycles. The normalized spacial score (nSPS) is 19.8. The monoisotopic (exact) mass is 375 g/mol. The largest absolute Gasteiger partial charge is 0.336 e. The third-order valence-electron chi connectivity index (χ3n) is 5.02. The van der Waals surface area contributed by atoms with Crippen LogP contribution in [0.1, 0.15) is 35.2 Å². The lowest BCUT2D eigenvalue weighted by molar-refractivity contribution is 0.0707. The quantitative estimate of drug-likeness (QED) is 0.451. The molecule has 136 valence electrons. The number of rotatable bonds is 4. The molecule has 1 aromatic rings. The van der Waals surface area contributed by atoms with Crippen molar-refractivity contribution in [1.82, 2.24) is 4.90 Å². The lowest BCUT2D eigenvalue weighted by Gasteiger charge is -2.47. The molecule has 2 fully saturated rings. The number of azide groups is 2. The number of nitrogens with zero attached hydrogens (tertiary/aromatic N) is 7. The predicted molar refractivity (Wildman–Crippen MR) is 94.4 cm³/mol. The number of carbonyl (C=O) groups excluding carboxylic acids is 1. The van der Waals surface area contributed by atoms with E-state index in [1.54, 1.807) is 17.0 Å². The Labute approximate surface area is 150 Å². The van der Waals surface area contributed by atoms with E-state index in [4.69, 9.17) is 11.1 Å². The lowest BCUT2D eigenvalue weighted by Crippen LogP contribution is -2.60. The van der Waals surface area contributed by atoms with E-state index in [2.05, 4.69) is 20.1 Å². The summed E-state index contributed by atoms with van der Waals surface area (Å²) in [6, 6.07) is 4.57. The van der Waals surface area contributed by atoms with E-state index in [-0.39, 0.29) is 42.5 Å². The Morgan fingerprint density at radius 3 is 2.62 bits per heavy atom. The summed E-state index contributed by atoms with van der Waals surface area (Å²) in [6.45, 7) is 0.343. The highest BCUT2D eigenvalue weighted by Crippen LogP contribution is 2.42. The molecule has 1 saturated heterocycles. The highest BCUT2D eigenvalue weighted by Gasteiger charge is 2.52. The summed E-state index contributed by atoms with van der Waals surface area (Å²) in [4.78, 5) is 19.9. The Kier molecular flexibility index (Phi) is 4.78. The predicted octanol–water partition coefficient (Wildman–Crippen LogP) is 3.23. The fourth-order valence-corrected chi connectivity index (χ4v) is 5.64. The molecule has 0 radical (unpaired) electrons. The number of carbonyl (C=O) groups is 1. The Morgan fingerprint density at radius 1 is 1.23 bits per heavy atom. The number of amides is 1. The van der Waals surface area contributed by atoms with Gasteiger partial charge in [0.15, 0.2) is 9.84 Å². The van der Waals surface area contributed by atoms with Gasteiger partial charge in [-0.15, -0.1) is 0 Å². The van der Waals surface area contributed by atoms with Crippen molar-refractivity contribution < 1.29 is 13.2 Å². The standard InChI is InChI=1S/C15H17N7O3S/c16-20-18-9-11-6-12(8-13(7-11)19-21-17)14(23)22-4-5-26(24,25)15(10-22)2-1-3-15/h6-8H,1-5,9-10H2. The molecule has 1 saturated carbocycles. The zero-order valence-corrected chi connectivity index (χ0v) is 14.8. The van der Waals surface area contributed by atoms with Crippen LogP contribution in [0.2, 0.25) is 0 Å². The molecule has 3 rings (SSSR count). The second-order valence-electron chi connectivity index (χ2n) is 6.55. The minimum Gasteiger partial charge on any atom is -0.336 e. The van der Waals surface area contributed by atoms with Crippen molar-refractivity contribution in [3.8, 4) is 0 Å². The molecular weight excluding hydrogens is 358 g/mol. The SMILES string of the molecule is [N-]=[N+]=NCc1cc(N=[N+]=[N-])cc(C(=O)N2CCS(=O)(=O)C3(CCC3)C2)c1. The Balaban J connectivity index is 1.90. The summed E-state index contributed by atoms with van der Waals surface area (Å²) in [5, 5.41) is 6.98. The van der Waals surface area contributed by atoms with Crippen molar-refractivity contribution >= 4 is 21.4 Å². The van der Waals surface area contributed by atoms with E-state index in [0.29, 0.717) is 18.4 Å². The van der Waals surface area contributed by atoms with Gasteiger partial charge in [-0.1, -0.05) is 16.6 Å². The molecule has 1 amide bonds. The van der Waals surface area contributed by atoms with Crippen molar-refractivity contribution in [1.29, 1.82) is 0 Å². The van der Waals surface area contributed by atoms with Gasteiger partial charge >= 0.3 is 0 Å². The number of benzene rings is 1. The summed E-state index contributed by atoms with van der Waals surface area (Å²) < 4.78 is 23.9. The maximum atomic E-state index is 12.9. The van der Waals surface area contributed by atoms with Gasteiger partial charge in [0.2, 0.25) is 0 Å². The molecule has 1 aliphatic heterocycles. The smallest absolute Gasteiger partial charge is 0.253 e. The first kappa shape index (κ1) is 18.1. The minimum absolute atomic E-state index is 0.0177. The van der Waals surface area contributed by atoms with Crippen LogP contribution in [0.5, 0.6) is 0 Å². The van der Waals surface area contributed by atoms with Crippen LogP contribution in [0.25, 0.3) is 20.9 Å². The average Bonchev–Trinajstić information content (AvgIpc) is 2.58. The van der Waals surface area contributed by atoms with Crippen LogP contribution in [0.15, 0.2) is 28.4 Å². The fourth-order valence-electron chi connectivity index (χ4n) is 3.48. The van der Waals surface area contributed by atoms with Gasteiger partial charge < -0.3 is 4.90 Å². The second-order valence-corrected chi connectivity index (χ2v) is 9.05. The fraction of sp³-hybridized carbons (Fsp3) is 0.533. The van der Waals surface area contributed by atoms with E-state index in [1.165, 1.54) is 6.07 Å². The molecule has 1 spiro atoms. The first-order valence-electron chi connectivity index (χ1n) is 8.12. The Morgan fingerprint density at radius 2 is 2.00 bits per heavy atom. The van der Waals surface area contributed by atoms with Gasteiger partial charge in [-0.05, 0) is 47.7 Å². The van der Waals surface area contributed by atoms with Crippen molar-refractivity contribution in [2.24, 2.45) is 10.2 Å². The van der Waals surface area contributed by atoms with Crippen molar-refractivity contribution in [2.45, 2.75) is 30.6 Å². The van der Waals surface area contributed by atoms with E-state index in [9.17, 15) is 13.2 Å². The molecule has 0 bridgehead atoms. The van der Waals surface area contributed by atoms with Crippen LogP contribution in [-0.2, 0) is 16.4 Å². The lowest BCUT2D eigenvalue weighted by atomic mass is 9.83. The third kappa shape index (κ3) is 3.20. The van der Waals surface area contributed by atoms with Crippen LogP contribution in [0, 0.1) is 0 Å². The first-order chi connectivity index (χ1) is 12.4.